The van der Waals surface area contributed by atoms with E-state index < -0.39 is 24.1 Å². The molecule has 0 radical (unpaired) electrons. The second kappa shape index (κ2) is 15.0. The smallest absolute Gasteiger partial charge is 0.342 e. The summed E-state index contributed by atoms with van der Waals surface area (Å²) in [4.78, 5) is 28.9. The van der Waals surface area contributed by atoms with Gasteiger partial charge >= 0.3 is 5.97 Å². The lowest BCUT2D eigenvalue weighted by atomic mass is 10.1. The zero-order valence-electron chi connectivity index (χ0n) is 18.0. The molecule has 170 valence electrons. The number of nitrogens with one attached hydrogen (secondary N) is 1. The first-order valence-electron chi connectivity index (χ1n) is 9.76. The molecule has 1 rings (SSSR count). The molecule has 32 heavy (non-hydrogen) atoms. The van der Waals surface area contributed by atoms with Gasteiger partial charge in [-0.2, -0.15) is 0 Å². The van der Waals surface area contributed by atoms with Gasteiger partial charge in [0.05, 0.1) is 6.21 Å². The van der Waals surface area contributed by atoms with Crippen molar-refractivity contribution in [2.45, 2.75) is 25.6 Å². The van der Waals surface area contributed by atoms with Crippen molar-refractivity contribution < 1.29 is 29.4 Å². The second-order valence-electron chi connectivity index (χ2n) is 6.24. The fourth-order valence-electron chi connectivity index (χ4n) is 2.49. The van der Waals surface area contributed by atoms with Crippen LogP contribution in [0.4, 0.5) is 0 Å². The molecule has 0 fully saturated rings. The van der Waals surface area contributed by atoms with Crippen LogP contribution in [0.25, 0.3) is 6.08 Å². The number of phenols is 1. The Hall–Kier alpha value is -3.91. The second-order valence-corrected chi connectivity index (χ2v) is 6.24. The highest BCUT2D eigenvalue weighted by atomic mass is 16.6. The molecule has 0 spiro atoms. The van der Waals surface area contributed by atoms with Gasteiger partial charge in [0, 0.05) is 18.7 Å². The predicted molar refractivity (Wildman–Crippen MR) is 124 cm³/mol. The topological polar surface area (TPSA) is 117 Å². The van der Waals surface area contributed by atoms with E-state index in [1.807, 2.05) is 0 Å². The van der Waals surface area contributed by atoms with Gasteiger partial charge in [-0.3, -0.25) is 4.79 Å². The summed E-state index contributed by atoms with van der Waals surface area (Å²) in [5.41, 5.74) is 0.481. The molecule has 8 nitrogen and oxygen atoms in total. The van der Waals surface area contributed by atoms with Crippen LogP contribution in [-0.2, 0) is 14.4 Å². The van der Waals surface area contributed by atoms with Crippen molar-refractivity contribution in [3.8, 4) is 5.75 Å². The first kappa shape index (κ1) is 26.1. The van der Waals surface area contributed by atoms with E-state index >= 15 is 0 Å². The van der Waals surface area contributed by atoms with Crippen molar-refractivity contribution in [3.05, 3.63) is 84.6 Å². The van der Waals surface area contributed by atoms with Gasteiger partial charge in [0.2, 0.25) is 5.91 Å². The van der Waals surface area contributed by atoms with E-state index in [4.69, 9.17) is 4.74 Å². The Morgan fingerprint density at radius 1 is 1.31 bits per heavy atom. The summed E-state index contributed by atoms with van der Waals surface area (Å²) in [6.45, 7) is 5.33. The Kier molecular flexibility index (Phi) is 12.2. The van der Waals surface area contributed by atoms with Crippen LogP contribution in [0.5, 0.6) is 5.75 Å². The Balaban J connectivity index is 2.92. The summed E-state index contributed by atoms with van der Waals surface area (Å²) >= 11 is 0. The molecule has 0 aromatic heterocycles. The third-order valence-electron chi connectivity index (χ3n) is 3.92. The SMILES string of the molecule is C=CC=CC(O)C(CC=CNC(=O)C=CC=NOC)OC(=O)c1c(O)cccc1C=CC. The molecule has 0 saturated carbocycles. The zero-order valence-corrected chi connectivity index (χ0v) is 18.0. The van der Waals surface area contributed by atoms with Crippen LogP contribution >= 0.6 is 0 Å². The van der Waals surface area contributed by atoms with E-state index in [1.54, 1.807) is 31.2 Å². The lowest BCUT2D eigenvalue weighted by Gasteiger charge is -2.21. The number of benzene rings is 1. The van der Waals surface area contributed by atoms with E-state index in [0.29, 0.717) is 5.56 Å². The van der Waals surface area contributed by atoms with Crippen molar-refractivity contribution in [2.24, 2.45) is 5.16 Å². The van der Waals surface area contributed by atoms with Crippen molar-refractivity contribution in [2.75, 3.05) is 7.11 Å². The summed E-state index contributed by atoms with van der Waals surface area (Å²) < 4.78 is 5.48. The fourth-order valence-corrected chi connectivity index (χ4v) is 2.49. The molecule has 0 heterocycles. The Bertz CT molecular complexity index is 915. The van der Waals surface area contributed by atoms with E-state index in [0.717, 1.165) is 0 Å². The maximum Gasteiger partial charge on any atom is 0.342 e. The maximum absolute atomic E-state index is 12.8. The number of hydrogen-bond donors (Lipinski definition) is 3. The number of aromatic hydroxyl groups is 1. The fraction of sp³-hybridized carbons (Fsp3) is 0.208. The molecule has 0 aliphatic heterocycles. The van der Waals surface area contributed by atoms with E-state index in [1.165, 1.54) is 62.0 Å². The van der Waals surface area contributed by atoms with Crippen LogP contribution in [0.3, 0.4) is 0 Å². The van der Waals surface area contributed by atoms with Crippen LogP contribution < -0.4 is 5.32 Å². The summed E-state index contributed by atoms with van der Waals surface area (Å²) in [5, 5.41) is 26.5. The van der Waals surface area contributed by atoms with Gasteiger partial charge < -0.3 is 25.1 Å². The largest absolute Gasteiger partial charge is 0.507 e. The zero-order chi connectivity index (χ0) is 23.8. The first-order valence-corrected chi connectivity index (χ1v) is 9.76. The average molecular weight is 440 g/mol. The molecule has 3 N–H and O–H groups in total. The number of aliphatic hydroxyl groups excluding tert-OH is 1. The number of hydrogen-bond acceptors (Lipinski definition) is 7. The number of carbonyl (C=O) groups is 2. The lowest BCUT2D eigenvalue weighted by Crippen LogP contribution is -2.30. The van der Waals surface area contributed by atoms with Crippen LogP contribution in [-0.4, -0.2) is 47.6 Å². The number of phenolic OH excluding ortho intramolecular Hbond substituents is 1. The number of rotatable bonds is 12. The maximum atomic E-state index is 12.8. The third kappa shape index (κ3) is 9.27. The van der Waals surface area contributed by atoms with E-state index in [2.05, 4.69) is 21.9 Å². The molecule has 2 unspecified atom stereocenters. The van der Waals surface area contributed by atoms with Gasteiger partial charge in [-0.25, -0.2) is 4.79 Å². The van der Waals surface area contributed by atoms with Gasteiger partial charge in [0.25, 0.3) is 0 Å². The normalized spacial score (nSPS) is 13.8. The Morgan fingerprint density at radius 2 is 2.09 bits per heavy atom. The quantitative estimate of drug-likeness (QED) is 0.151. The monoisotopic (exact) mass is 440 g/mol. The summed E-state index contributed by atoms with van der Waals surface area (Å²) in [6, 6.07) is 4.66. The minimum Gasteiger partial charge on any atom is -0.507 e. The number of allylic oxidation sites excluding steroid dienone is 4. The third-order valence-corrected chi connectivity index (χ3v) is 3.92. The standard InChI is InChI=1S/C24H28N2O6/c1-4-6-12-19(27)21(14-8-16-25-22(29)15-9-17-26-31-3)32-24(30)23-18(10-5-2)11-7-13-20(23)28/h4-13,15-17,19,21,27-28H,1,14H2,2-3H3,(H,25,29). The van der Waals surface area contributed by atoms with Crippen molar-refractivity contribution in [3.63, 3.8) is 0 Å². The molecule has 1 aromatic carbocycles. The number of carbonyl (C=O) groups excluding carboxylic acids is 2. The van der Waals surface area contributed by atoms with E-state index in [9.17, 15) is 19.8 Å². The predicted octanol–water partition coefficient (Wildman–Crippen LogP) is 3.26. The molecule has 0 aliphatic rings. The van der Waals surface area contributed by atoms with Crippen molar-refractivity contribution in [1.29, 1.82) is 0 Å². The molecule has 1 amide bonds. The molecular formula is C24H28N2O6. The molecule has 1 aromatic rings. The van der Waals surface area contributed by atoms with Gasteiger partial charge in [0.15, 0.2) is 0 Å². The van der Waals surface area contributed by atoms with Crippen LogP contribution in [0.15, 0.2) is 78.7 Å². The van der Waals surface area contributed by atoms with Gasteiger partial charge in [0.1, 0.15) is 30.6 Å². The number of amides is 1. The molecule has 8 heteroatoms. The Morgan fingerprint density at radius 3 is 2.78 bits per heavy atom. The molecule has 0 saturated heterocycles. The first-order chi connectivity index (χ1) is 15.4. The highest BCUT2D eigenvalue weighted by molar-refractivity contribution is 5.96. The minimum absolute atomic E-state index is 0.00403. The summed E-state index contributed by atoms with van der Waals surface area (Å²) in [7, 11) is 1.38. The van der Waals surface area contributed by atoms with Crippen molar-refractivity contribution in [1.82, 2.24) is 5.32 Å². The minimum atomic E-state index is -1.14. The molecule has 0 bridgehead atoms. The summed E-state index contributed by atoms with van der Waals surface area (Å²) in [5.74, 6) is -1.42. The Labute approximate surface area is 187 Å². The number of aliphatic hydroxyl groups is 1. The van der Waals surface area contributed by atoms with Crippen LogP contribution in [0.2, 0.25) is 0 Å². The number of oxime groups is 1. The van der Waals surface area contributed by atoms with Crippen LogP contribution in [0, 0.1) is 0 Å². The van der Waals surface area contributed by atoms with Crippen LogP contribution in [0.1, 0.15) is 29.3 Å². The summed E-state index contributed by atoms with van der Waals surface area (Å²) in [6.07, 6.45) is 12.7. The number of esters is 1. The van der Waals surface area contributed by atoms with Gasteiger partial charge in [-0.05, 0) is 24.6 Å². The highest BCUT2D eigenvalue weighted by Crippen LogP contribution is 2.24. The van der Waals surface area contributed by atoms with Crippen molar-refractivity contribution >= 4 is 24.2 Å². The lowest BCUT2D eigenvalue weighted by molar-refractivity contribution is -0.115. The molecular weight excluding hydrogens is 412 g/mol. The number of ether oxygens (including phenoxy) is 1. The highest BCUT2D eigenvalue weighted by Gasteiger charge is 2.24. The average Bonchev–Trinajstić information content (AvgIpc) is 2.77. The molecule has 2 atom stereocenters. The number of nitrogens with zero attached hydrogens (tertiary/aromatic N) is 1. The van der Waals surface area contributed by atoms with Gasteiger partial charge in [-0.15, -0.1) is 0 Å². The van der Waals surface area contributed by atoms with E-state index in [-0.39, 0.29) is 17.7 Å². The molecule has 0 aliphatic carbocycles. The van der Waals surface area contributed by atoms with Gasteiger partial charge in [-0.1, -0.05) is 60.3 Å².